The fourth-order valence-electron chi connectivity index (χ4n) is 2.63. The van der Waals surface area contributed by atoms with Crippen LogP contribution >= 0.6 is 0 Å². The first-order valence-corrected chi connectivity index (χ1v) is 8.08. The zero-order valence-corrected chi connectivity index (χ0v) is 12.0. The predicted molar refractivity (Wildman–Crippen MR) is 67.5 cm³/mol. The Hall–Kier alpha value is -1.48. The van der Waals surface area contributed by atoms with Gasteiger partial charge in [-0.1, -0.05) is 12.1 Å². The number of fused-ring (bicyclic) bond motifs is 1. The van der Waals surface area contributed by atoms with E-state index in [9.17, 15) is 13.2 Å². The quantitative estimate of drug-likeness (QED) is 0.781. The Morgan fingerprint density at radius 2 is 2.25 bits per heavy atom. The summed E-state index contributed by atoms with van der Waals surface area (Å²) in [6.45, 7) is 2.23. The lowest BCUT2D eigenvalue weighted by atomic mass is 10.2. The van der Waals surface area contributed by atoms with Crippen molar-refractivity contribution >= 4 is 16.1 Å². The van der Waals surface area contributed by atoms with E-state index in [1.54, 1.807) is 0 Å². The molecule has 1 amide bonds. The molecule has 3 heterocycles. The fraction of sp³-hybridized carbons (Fsp3) is 0.727. The van der Waals surface area contributed by atoms with Crippen LogP contribution in [-0.4, -0.2) is 45.7 Å². The van der Waals surface area contributed by atoms with Gasteiger partial charge in [0, 0.05) is 13.0 Å². The molecule has 2 saturated heterocycles. The molecule has 0 aliphatic carbocycles. The number of hydrogen-bond donors (Lipinski definition) is 0. The van der Waals surface area contributed by atoms with E-state index in [0.29, 0.717) is 25.3 Å². The average molecular weight is 300 g/mol. The number of carbonyl (C=O) groups is 1. The summed E-state index contributed by atoms with van der Waals surface area (Å²) in [4.78, 5) is 16.3. The molecule has 0 radical (unpaired) electrons. The van der Waals surface area contributed by atoms with Crippen LogP contribution in [0.25, 0.3) is 0 Å². The smallest absolute Gasteiger partial charge is 0.307 e. The minimum absolute atomic E-state index is 0.151. The van der Waals surface area contributed by atoms with Gasteiger partial charge in [0.1, 0.15) is 12.6 Å². The maximum atomic E-state index is 12.3. The minimum atomic E-state index is -3.72. The van der Waals surface area contributed by atoms with Crippen LogP contribution in [0.2, 0.25) is 0 Å². The van der Waals surface area contributed by atoms with Crippen LogP contribution < -0.4 is 0 Å². The maximum Gasteiger partial charge on any atom is 0.307 e. The average Bonchev–Trinajstić information content (AvgIpc) is 3.07. The number of aryl methyl sites for hydroxylation is 1. The van der Waals surface area contributed by atoms with Gasteiger partial charge in [0.25, 0.3) is 5.91 Å². The van der Waals surface area contributed by atoms with Crippen molar-refractivity contribution in [2.75, 3.05) is 6.54 Å². The number of rotatable bonds is 4. The van der Waals surface area contributed by atoms with Crippen molar-refractivity contribution in [3.8, 4) is 0 Å². The monoisotopic (exact) mass is 300 g/mol. The molecule has 3 rings (SSSR count). The summed E-state index contributed by atoms with van der Waals surface area (Å²) >= 11 is 0. The van der Waals surface area contributed by atoms with Gasteiger partial charge in [-0.25, -0.2) is 4.31 Å². The second-order valence-electron chi connectivity index (χ2n) is 4.98. The first-order valence-electron chi connectivity index (χ1n) is 6.69. The number of nitrogens with zero attached hydrogens (tertiary/aromatic N) is 4. The van der Waals surface area contributed by atoms with Crippen LogP contribution in [-0.2, 0) is 28.0 Å². The predicted octanol–water partition coefficient (Wildman–Crippen LogP) is 0.0735. The molecule has 1 aromatic rings. The summed E-state index contributed by atoms with van der Waals surface area (Å²) in [5.74, 6) is 0.308. The molecule has 9 heteroatoms. The molecule has 2 aliphatic heterocycles. The fourth-order valence-corrected chi connectivity index (χ4v) is 4.39. The molecule has 2 aliphatic rings. The Morgan fingerprint density at radius 1 is 1.45 bits per heavy atom. The van der Waals surface area contributed by atoms with Crippen LogP contribution in [0, 0.1) is 0 Å². The normalized spacial score (nSPS) is 25.4. The van der Waals surface area contributed by atoms with Gasteiger partial charge in [-0.3, -0.25) is 4.79 Å². The lowest BCUT2D eigenvalue weighted by molar-refractivity contribution is -0.127. The molecule has 0 spiro atoms. The minimum Gasteiger partial charge on any atom is -0.339 e. The molecule has 20 heavy (non-hydrogen) atoms. The highest BCUT2D eigenvalue weighted by Crippen LogP contribution is 2.32. The lowest BCUT2D eigenvalue weighted by Crippen LogP contribution is -2.34. The van der Waals surface area contributed by atoms with E-state index in [1.165, 1.54) is 4.31 Å². The van der Waals surface area contributed by atoms with Gasteiger partial charge in [-0.2, -0.15) is 17.7 Å². The van der Waals surface area contributed by atoms with Gasteiger partial charge in [0.15, 0.2) is 5.82 Å². The zero-order valence-electron chi connectivity index (χ0n) is 11.2. The van der Waals surface area contributed by atoms with E-state index >= 15 is 0 Å². The molecule has 0 N–H and O–H groups in total. The van der Waals surface area contributed by atoms with Gasteiger partial charge in [-0.05, 0) is 19.3 Å². The molecule has 0 bridgehead atoms. The highest BCUT2D eigenvalue weighted by molar-refractivity contribution is 7.87. The Balaban J connectivity index is 1.81. The molecular formula is C11H16N4O4S. The van der Waals surface area contributed by atoms with Crippen LogP contribution in [0.4, 0.5) is 0 Å². The summed E-state index contributed by atoms with van der Waals surface area (Å²) in [5, 5.41) is 3.73. The molecule has 110 valence electrons. The molecule has 0 aromatic carbocycles. The Morgan fingerprint density at radius 3 is 2.95 bits per heavy atom. The molecular weight excluding hydrogens is 284 g/mol. The second kappa shape index (κ2) is 4.81. The number of amides is 1. The van der Waals surface area contributed by atoms with E-state index in [4.69, 9.17) is 4.52 Å². The summed E-state index contributed by atoms with van der Waals surface area (Å²) in [5.41, 5.74) is 0. The lowest BCUT2D eigenvalue weighted by Gasteiger charge is -2.15. The third-order valence-electron chi connectivity index (χ3n) is 3.57. The first kappa shape index (κ1) is 13.5. The molecule has 2 fully saturated rings. The molecule has 1 aromatic heterocycles. The molecule has 1 atom stereocenters. The van der Waals surface area contributed by atoms with Crippen LogP contribution in [0.1, 0.15) is 37.9 Å². The SMILES string of the molecule is CCCc1nc(CN2C(=O)[C@@H]3CCCN3S2(=O)=O)no1. The topological polar surface area (TPSA) is 96.6 Å². The molecule has 0 saturated carbocycles. The van der Waals surface area contributed by atoms with Crippen LogP contribution in [0.5, 0.6) is 0 Å². The van der Waals surface area contributed by atoms with Crippen molar-refractivity contribution in [2.24, 2.45) is 0 Å². The highest BCUT2D eigenvalue weighted by Gasteiger charge is 2.52. The summed E-state index contributed by atoms with van der Waals surface area (Å²) < 4.78 is 31.7. The maximum absolute atomic E-state index is 12.3. The van der Waals surface area contributed by atoms with Crippen molar-refractivity contribution in [3.63, 3.8) is 0 Å². The standard InChI is InChI=1S/C11H16N4O4S/c1-2-4-10-12-9(13-19-10)7-15-11(16)8-5-3-6-14(8)20(15,17)18/h8H,2-7H2,1H3/t8-/m0/s1. The Labute approximate surface area is 116 Å². The van der Waals surface area contributed by atoms with Crippen molar-refractivity contribution in [2.45, 2.75) is 45.2 Å². The third-order valence-corrected chi connectivity index (χ3v) is 5.46. The summed E-state index contributed by atoms with van der Waals surface area (Å²) in [6.07, 6.45) is 2.81. The Kier molecular flexibility index (Phi) is 3.25. The van der Waals surface area contributed by atoms with Crippen molar-refractivity contribution in [1.29, 1.82) is 0 Å². The van der Waals surface area contributed by atoms with Gasteiger partial charge in [-0.15, -0.1) is 0 Å². The van der Waals surface area contributed by atoms with Gasteiger partial charge < -0.3 is 4.52 Å². The van der Waals surface area contributed by atoms with Crippen molar-refractivity contribution in [1.82, 2.24) is 18.8 Å². The van der Waals surface area contributed by atoms with E-state index in [1.807, 2.05) is 6.92 Å². The van der Waals surface area contributed by atoms with Gasteiger partial charge in [0.05, 0.1) is 0 Å². The summed E-state index contributed by atoms with van der Waals surface area (Å²) in [7, 11) is -3.72. The third kappa shape index (κ3) is 2.01. The van der Waals surface area contributed by atoms with Crippen molar-refractivity contribution in [3.05, 3.63) is 11.7 Å². The number of hydrogen-bond acceptors (Lipinski definition) is 6. The van der Waals surface area contributed by atoms with Gasteiger partial charge in [0.2, 0.25) is 5.89 Å². The van der Waals surface area contributed by atoms with E-state index < -0.39 is 16.3 Å². The first-order chi connectivity index (χ1) is 9.54. The van der Waals surface area contributed by atoms with Crippen molar-refractivity contribution < 1.29 is 17.7 Å². The van der Waals surface area contributed by atoms with E-state index in [-0.39, 0.29) is 18.3 Å². The summed E-state index contributed by atoms with van der Waals surface area (Å²) in [6, 6.07) is -0.540. The number of carbonyl (C=O) groups excluding carboxylic acids is 1. The largest absolute Gasteiger partial charge is 0.339 e. The highest BCUT2D eigenvalue weighted by atomic mass is 32.2. The van der Waals surface area contributed by atoms with Gasteiger partial charge >= 0.3 is 10.2 Å². The number of aromatic nitrogens is 2. The second-order valence-corrected chi connectivity index (χ2v) is 6.78. The van der Waals surface area contributed by atoms with Crippen LogP contribution in [0.3, 0.4) is 0 Å². The van der Waals surface area contributed by atoms with E-state index in [0.717, 1.165) is 17.1 Å². The van der Waals surface area contributed by atoms with Crippen LogP contribution in [0.15, 0.2) is 4.52 Å². The van der Waals surface area contributed by atoms with E-state index in [2.05, 4.69) is 10.1 Å². The molecule has 0 unspecified atom stereocenters. The molecule has 8 nitrogen and oxygen atoms in total. The Bertz CT molecular complexity index is 626. The zero-order chi connectivity index (χ0) is 14.3.